The van der Waals surface area contributed by atoms with Gasteiger partial charge in [-0.15, -0.1) is 0 Å². The molecule has 2 fully saturated rings. The molecule has 2 rings (SSSR count). The molecular weight excluding hydrogens is 270 g/mol. The Bertz CT molecular complexity index is 371. The van der Waals surface area contributed by atoms with Crippen LogP contribution in [-0.2, 0) is 0 Å². The molecule has 0 amide bonds. The molecule has 3 nitrogen and oxygen atoms in total. The van der Waals surface area contributed by atoms with Gasteiger partial charge in [0, 0.05) is 18.2 Å². The average molecular weight is 306 g/mol. The lowest BCUT2D eigenvalue weighted by molar-refractivity contribution is 0.475. The van der Waals surface area contributed by atoms with Crippen LogP contribution in [0.1, 0.15) is 84.0 Å². The molecule has 126 valence electrons. The third-order valence-corrected chi connectivity index (χ3v) is 5.06. The molecule has 1 saturated heterocycles. The monoisotopic (exact) mass is 305 g/mol. The van der Waals surface area contributed by atoms with E-state index < -0.39 is 0 Å². The Kier molecular flexibility index (Phi) is 6.97. The molecule has 3 N–H and O–H groups in total. The van der Waals surface area contributed by atoms with Gasteiger partial charge in [-0.1, -0.05) is 70.6 Å². The molecule has 3 heteroatoms. The van der Waals surface area contributed by atoms with Crippen molar-refractivity contribution in [3.63, 3.8) is 0 Å². The van der Waals surface area contributed by atoms with Gasteiger partial charge < -0.3 is 5.32 Å². The summed E-state index contributed by atoms with van der Waals surface area (Å²) in [4.78, 5) is 0. The average Bonchev–Trinajstić information content (AvgIpc) is 3.13. The van der Waals surface area contributed by atoms with Gasteiger partial charge in [0.2, 0.25) is 0 Å². The summed E-state index contributed by atoms with van der Waals surface area (Å²) in [5, 5.41) is 3.58. The molecule has 1 aliphatic heterocycles. The maximum atomic E-state index is 4.22. The van der Waals surface area contributed by atoms with Crippen LogP contribution in [0.25, 0.3) is 0 Å². The lowest BCUT2D eigenvalue weighted by atomic mass is 9.99. The normalized spacial score (nSPS) is 22.8. The molecule has 0 radical (unpaired) electrons. The first-order valence-electron chi connectivity index (χ1n) is 9.31. The zero-order chi connectivity index (χ0) is 15.8. The van der Waals surface area contributed by atoms with Crippen LogP contribution in [0.5, 0.6) is 0 Å². The largest absolute Gasteiger partial charge is 0.382 e. The van der Waals surface area contributed by atoms with Gasteiger partial charge in [0.05, 0.1) is 5.66 Å². The second-order valence-electron chi connectivity index (χ2n) is 7.23. The predicted octanol–water partition coefficient (Wildman–Crippen LogP) is 4.53. The molecule has 1 heterocycles. The van der Waals surface area contributed by atoms with Crippen LogP contribution >= 0.6 is 0 Å². The van der Waals surface area contributed by atoms with Crippen molar-refractivity contribution in [3.05, 3.63) is 24.4 Å². The van der Waals surface area contributed by atoms with Crippen LogP contribution in [-0.4, -0.2) is 11.7 Å². The Labute approximate surface area is 137 Å². The molecule has 2 aliphatic rings. The van der Waals surface area contributed by atoms with Crippen molar-refractivity contribution in [1.29, 1.82) is 0 Å². The van der Waals surface area contributed by atoms with E-state index in [9.17, 15) is 0 Å². The summed E-state index contributed by atoms with van der Waals surface area (Å²) in [5.74, 6) is 0. The molecule has 0 aromatic carbocycles. The van der Waals surface area contributed by atoms with E-state index in [-0.39, 0.29) is 5.66 Å². The molecular formula is C19H35N3. The summed E-state index contributed by atoms with van der Waals surface area (Å²) in [6, 6.07) is 0.460. The maximum absolute atomic E-state index is 4.22. The highest BCUT2D eigenvalue weighted by Gasteiger charge is 2.41. The first kappa shape index (κ1) is 17.6. The van der Waals surface area contributed by atoms with Crippen LogP contribution in [0, 0.1) is 0 Å². The summed E-state index contributed by atoms with van der Waals surface area (Å²) >= 11 is 0. The molecule has 0 aromatic heterocycles. The predicted molar refractivity (Wildman–Crippen MR) is 95.3 cm³/mol. The van der Waals surface area contributed by atoms with Gasteiger partial charge in [0.25, 0.3) is 0 Å². The van der Waals surface area contributed by atoms with Crippen molar-refractivity contribution in [2.75, 3.05) is 0 Å². The van der Waals surface area contributed by atoms with E-state index in [1.54, 1.807) is 0 Å². The van der Waals surface area contributed by atoms with Crippen molar-refractivity contribution < 1.29 is 0 Å². The van der Waals surface area contributed by atoms with E-state index in [1.165, 1.54) is 76.2 Å². The van der Waals surface area contributed by atoms with Gasteiger partial charge in [0.15, 0.2) is 0 Å². The highest BCUT2D eigenvalue weighted by Crippen LogP contribution is 2.28. The van der Waals surface area contributed by atoms with E-state index in [2.05, 4.69) is 36.2 Å². The van der Waals surface area contributed by atoms with Crippen LogP contribution in [0.2, 0.25) is 0 Å². The Morgan fingerprint density at radius 1 is 1.18 bits per heavy atom. The van der Waals surface area contributed by atoms with Crippen LogP contribution in [0.3, 0.4) is 0 Å². The number of hydrogen-bond donors (Lipinski definition) is 3. The highest BCUT2D eigenvalue weighted by atomic mass is 15.7. The van der Waals surface area contributed by atoms with Gasteiger partial charge in [0.1, 0.15) is 0 Å². The van der Waals surface area contributed by atoms with Crippen molar-refractivity contribution in [2.45, 2.75) is 95.7 Å². The minimum Gasteiger partial charge on any atom is -0.382 e. The molecule has 0 spiro atoms. The Hall–Kier alpha value is -0.800. The van der Waals surface area contributed by atoms with E-state index in [0.717, 1.165) is 12.1 Å². The Balaban J connectivity index is 1.56. The molecule has 1 unspecified atom stereocenters. The van der Waals surface area contributed by atoms with E-state index in [4.69, 9.17) is 0 Å². The first-order chi connectivity index (χ1) is 10.7. The van der Waals surface area contributed by atoms with Gasteiger partial charge >= 0.3 is 0 Å². The SMILES string of the molecule is C=C(CC1(CCCCCCCCC)NN1)NC1CCCC1=C. The smallest absolute Gasteiger partial charge is 0.0997 e. The van der Waals surface area contributed by atoms with Crippen molar-refractivity contribution in [3.8, 4) is 0 Å². The van der Waals surface area contributed by atoms with Gasteiger partial charge in [-0.25, -0.2) is 10.9 Å². The zero-order valence-corrected chi connectivity index (χ0v) is 14.5. The van der Waals surface area contributed by atoms with Gasteiger partial charge in [-0.3, -0.25) is 0 Å². The van der Waals surface area contributed by atoms with Crippen molar-refractivity contribution in [2.24, 2.45) is 0 Å². The molecule has 0 aromatic rings. The van der Waals surface area contributed by atoms with Crippen LogP contribution in [0.4, 0.5) is 0 Å². The summed E-state index contributed by atoms with van der Waals surface area (Å²) < 4.78 is 0. The lowest BCUT2D eigenvalue weighted by Crippen LogP contribution is -2.30. The van der Waals surface area contributed by atoms with Crippen LogP contribution < -0.4 is 16.2 Å². The second-order valence-corrected chi connectivity index (χ2v) is 7.23. The van der Waals surface area contributed by atoms with E-state index in [0.29, 0.717) is 6.04 Å². The topological polar surface area (TPSA) is 55.9 Å². The zero-order valence-electron chi connectivity index (χ0n) is 14.5. The number of hydrazine groups is 1. The summed E-state index contributed by atoms with van der Waals surface area (Å²) in [6.45, 7) is 10.7. The molecule has 22 heavy (non-hydrogen) atoms. The highest BCUT2D eigenvalue weighted by molar-refractivity contribution is 5.16. The molecule has 1 aliphatic carbocycles. The van der Waals surface area contributed by atoms with Gasteiger partial charge in [-0.05, 0) is 25.7 Å². The fourth-order valence-electron chi connectivity index (χ4n) is 3.52. The van der Waals surface area contributed by atoms with E-state index >= 15 is 0 Å². The quantitative estimate of drug-likeness (QED) is 0.282. The summed E-state index contributed by atoms with van der Waals surface area (Å²) in [6.07, 6.45) is 15.4. The second kappa shape index (κ2) is 8.73. The van der Waals surface area contributed by atoms with Crippen LogP contribution in [0.15, 0.2) is 24.4 Å². The summed E-state index contributed by atoms with van der Waals surface area (Å²) in [7, 11) is 0. The Morgan fingerprint density at radius 2 is 1.86 bits per heavy atom. The fraction of sp³-hybridized carbons (Fsp3) is 0.789. The molecule has 0 bridgehead atoms. The Morgan fingerprint density at radius 3 is 2.45 bits per heavy atom. The van der Waals surface area contributed by atoms with Crippen molar-refractivity contribution >= 4 is 0 Å². The fourth-order valence-corrected chi connectivity index (χ4v) is 3.52. The number of unbranched alkanes of at least 4 members (excludes halogenated alkanes) is 6. The third-order valence-electron chi connectivity index (χ3n) is 5.06. The first-order valence-corrected chi connectivity index (χ1v) is 9.31. The standard InChI is InChI=1S/C19H35N3/c1-4-5-6-7-8-9-10-14-19(21-22-19)15-17(3)20-18-13-11-12-16(18)2/h18,20-22H,2-15H2,1H3. The minimum absolute atomic E-state index is 0.118. The maximum Gasteiger partial charge on any atom is 0.0997 e. The minimum atomic E-state index is 0.118. The number of hydrogen-bond acceptors (Lipinski definition) is 3. The third kappa shape index (κ3) is 5.77. The summed E-state index contributed by atoms with van der Waals surface area (Å²) in [5.41, 5.74) is 9.32. The molecule has 1 atom stereocenters. The van der Waals surface area contributed by atoms with Gasteiger partial charge in [-0.2, -0.15) is 0 Å². The number of rotatable bonds is 12. The van der Waals surface area contributed by atoms with E-state index in [1.807, 2.05) is 0 Å². The number of nitrogens with one attached hydrogen (secondary N) is 3. The van der Waals surface area contributed by atoms with Crippen molar-refractivity contribution in [1.82, 2.24) is 16.2 Å². The lowest BCUT2D eigenvalue weighted by Gasteiger charge is -2.20. The molecule has 1 saturated carbocycles.